The van der Waals surface area contributed by atoms with Crippen molar-refractivity contribution in [2.45, 2.75) is 33.3 Å². The summed E-state index contributed by atoms with van der Waals surface area (Å²) >= 11 is 0. The minimum absolute atomic E-state index is 0.0124. The molecule has 1 rings (SSSR count). The minimum atomic E-state index is -0.878. The number of aliphatic hydroxyl groups is 1. The average Bonchev–Trinajstić information content (AvgIpc) is 2.44. The molecule has 6 heteroatoms. The summed E-state index contributed by atoms with van der Waals surface area (Å²) in [6, 6.07) is 6.58. The van der Waals surface area contributed by atoms with Gasteiger partial charge in [-0.3, -0.25) is 4.79 Å². The zero-order chi connectivity index (χ0) is 16.5. The maximum absolute atomic E-state index is 11.7. The third-order valence-corrected chi connectivity index (χ3v) is 3.09. The summed E-state index contributed by atoms with van der Waals surface area (Å²) < 4.78 is 5.11. The van der Waals surface area contributed by atoms with Crippen LogP contribution in [0.4, 0.5) is 4.79 Å². The first kappa shape index (κ1) is 18.0. The maximum atomic E-state index is 11.7. The van der Waals surface area contributed by atoms with Crippen LogP contribution in [0.2, 0.25) is 0 Å². The molecule has 6 nitrogen and oxygen atoms in total. The van der Waals surface area contributed by atoms with Gasteiger partial charge in [0.25, 0.3) is 0 Å². The van der Waals surface area contributed by atoms with Crippen molar-refractivity contribution in [3.05, 3.63) is 29.8 Å². The summed E-state index contributed by atoms with van der Waals surface area (Å²) in [7, 11) is 0. The van der Waals surface area contributed by atoms with Gasteiger partial charge >= 0.3 is 12.1 Å². The minimum Gasteiger partial charge on any atom is -0.481 e. The second-order valence-electron chi connectivity index (χ2n) is 5.67. The van der Waals surface area contributed by atoms with Crippen molar-refractivity contribution >= 4 is 12.1 Å². The number of nitrogens with one attached hydrogen (secondary N) is 1. The van der Waals surface area contributed by atoms with Gasteiger partial charge in [-0.2, -0.15) is 0 Å². The van der Waals surface area contributed by atoms with Crippen LogP contribution in [0.5, 0.6) is 5.75 Å². The van der Waals surface area contributed by atoms with E-state index in [1.54, 1.807) is 24.3 Å². The Balaban J connectivity index is 2.50. The predicted molar refractivity (Wildman–Crippen MR) is 81.6 cm³/mol. The van der Waals surface area contributed by atoms with E-state index in [0.717, 1.165) is 0 Å². The summed E-state index contributed by atoms with van der Waals surface area (Å²) in [5, 5.41) is 20.5. The first-order chi connectivity index (χ1) is 10.4. The Morgan fingerprint density at radius 1 is 1.32 bits per heavy atom. The van der Waals surface area contributed by atoms with Gasteiger partial charge in [-0.25, -0.2) is 4.79 Å². The number of ether oxygens (including phenoxy) is 1. The van der Waals surface area contributed by atoms with Gasteiger partial charge in [0.1, 0.15) is 5.75 Å². The smallest absolute Gasteiger partial charge is 0.412 e. The molecule has 22 heavy (non-hydrogen) atoms. The van der Waals surface area contributed by atoms with Crippen molar-refractivity contribution in [2.75, 3.05) is 6.54 Å². The average molecular weight is 309 g/mol. The number of aliphatic carboxylic acids is 1. The Labute approximate surface area is 130 Å². The number of carbonyl (C=O) groups excluding carboxylic acids is 1. The molecule has 1 atom stereocenters. The Morgan fingerprint density at radius 3 is 2.64 bits per heavy atom. The van der Waals surface area contributed by atoms with Gasteiger partial charge in [0.2, 0.25) is 0 Å². The van der Waals surface area contributed by atoms with Gasteiger partial charge in [0, 0.05) is 13.0 Å². The van der Waals surface area contributed by atoms with E-state index in [0.29, 0.717) is 23.7 Å². The number of hydrogen-bond donors (Lipinski definition) is 3. The van der Waals surface area contributed by atoms with Crippen molar-refractivity contribution in [1.29, 1.82) is 0 Å². The monoisotopic (exact) mass is 309 g/mol. The molecule has 0 aliphatic carbocycles. The number of carbonyl (C=O) groups is 2. The zero-order valence-corrected chi connectivity index (χ0v) is 12.9. The normalized spacial score (nSPS) is 12.0. The molecule has 0 aromatic heterocycles. The number of carboxylic acids is 1. The summed E-state index contributed by atoms with van der Waals surface area (Å²) in [6.45, 7) is 4.14. The molecule has 0 radical (unpaired) electrons. The van der Waals surface area contributed by atoms with Crippen LogP contribution in [-0.4, -0.2) is 28.8 Å². The van der Waals surface area contributed by atoms with Gasteiger partial charge in [-0.15, -0.1) is 0 Å². The van der Waals surface area contributed by atoms with Crippen LogP contribution in [0.15, 0.2) is 24.3 Å². The highest BCUT2D eigenvalue weighted by atomic mass is 16.6. The molecule has 3 N–H and O–H groups in total. The van der Waals surface area contributed by atoms with Gasteiger partial charge in [-0.1, -0.05) is 26.0 Å². The quantitative estimate of drug-likeness (QED) is 0.685. The van der Waals surface area contributed by atoms with E-state index < -0.39 is 12.1 Å². The van der Waals surface area contributed by atoms with Crippen LogP contribution in [0, 0.1) is 11.8 Å². The standard InChI is InChI=1S/C16H23NO5/c1-11(2)6-13(8-15(19)20)9-17-16(21)22-14-5-3-4-12(7-14)10-18/h3-5,7,11,13,18H,6,8-10H2,1-2H3,(H,17,21)(H,19,20). The van der Waals surface area contributed by atoms with E-state index in [9.17, 15) is 9.59 Å². The van der Waals surface area contributed by atoms with E-state index in [4.69, 9.17) is 14.9 Å². The second-order valence-corrected chi connectivity index (χ2v) is 5.67. The Hall–Kier alpha value is -2.08. The fourth-order valence-electron chi connectivity index (χ4n) is 2.23. The molecule has 0 aliphatic heterocycles. The van der Waals surface area contributed by atoms with Crippen LogP contribution >= 0.6 is 0 Å². The van der Waals surface area contributed by atoms with Crippen molar-refractivity contribution in [3.63, 3.8) is 0 Å². The second kappa shape index (κ2) is 9.04. The van der Waals surface area contributed by atoms with Gasteiger partial charge < -0.3 is 20.3 Å². The highest BCUT2D eigenvalue weighted by molar-refractivity contribution is 5.70. The number of hydrogen-bond acceptors (Lipinski definition) is 4. The Morgan fingerprint density at radius 2 is 2.05 bits per heavy atom. The molecule has 0 spiro atoms. The third-order valence-electron chi connectivity index (χ3n) is 3.09. The molecule has 0 saturated heterocycles. The van der Waals surface area contributed by atoms with Crippen molar-refractivity contribution in [1.82, 2.24) is 5.32 Å². The van der Waals surface area contributed by atoms with Crippen LogP contribution in [0.1, 0.15) is 32.3 Å². The number of benzene rings is 1. The lowest BCUT2D eigenvalue weighted by Gasteiger charge is -2.17. The molecule has 1 unspecified atom stereocenters. The van der Waals surface area contributed by atoms with E-state index in [2.05, 4.69) is 5.32 Å². The van der Waals surface area contributed by atoms with Crippen LogP contribution in [0.3, 0.4) is 0 Å². The third kappa shape index (κ3) is 7.08. The fourth-order valence-corrected chi connectivity index (χ4v) is 2.23. The predicted octanol–water partition coefficient (Wildman–Crippen LogP) is 2.40. The maximum Gasteiger partial charge on any atom is 0.412 e. The van der Waals surface area contributed by atoms with E-state index in [1.807, 2.05) is 13.8 Å². The van der Waals surface area contributed by atoms with Gasteiger partial charge in [0.05, 0.1) is 6.61 Å². The van der Waals surface area contributed by atoms with E-state index in [1.165, 1.54) is 0 Å². The van der Waals surface area contributed by atoms with E-state index >= 15 is 0 Å². The lowest BCUT2D eigenvalue weighted by Crippen LogP contribution is -2.33. The summed E-state index contributed by atoms with van der Waals surface area (Å²) in [5.74, 6) is -0.323. The largest absolute Gasteiger partial charge is 0.481 e. The molecule has 1 aromatic rings. The summed E-state index contributed by atoms with van der Waals surface area (Å²) in [4.78, 5) is 22.6. The van der Waals surface area contributed by atoms with Crippen molar-refractivity contribution in [2.24, 2.45) is 11.8 Å². The van der Waals surface area contributed by atoms with Crippen LogP contribution in [0.25, 0.3) is 0 Å². The van der Waals surface area contributed by atoms with E-state index in [-0.39, 0.29) is 25.5 Å². The number of aliphatic hydroxyl groups excluding tert-OH is 1. The molecule has 1 aromatic carbocycles. The highest BCUT2D eigenvalue weighted by Crippen LogP contribution is 2.16. The Kier molecular flexibility index (Phi) is 7.39. The molecular formula is C16H23NO5. The topological polar surface area (TPSA) is 95.9 Å². The first-order valence-electron chi connectivity index (χ1n) is 7.28. The van der Waals surface area contributed by atoms with Crippen LogP contribution in [-0.2, 0) is 11.4 Å². The summed E-state index contributed by atoms with van der Waals surface area (Å²) in [5.41, 5.74) is 0.647. The van der Waals surface area contributed by atoms with Gasteiger partial charge in [-0.05, 0) is 36.0 Å². The highest BCUT2D eigenvalue weighted by Gasteiger charge is 2.16. The lowest BCUT2D eigenvalue weighted by molar-refractivity contribution is -0.138. The molecule has 0 bridgehead atoms. The van der Waals surface area contributed by atoms with Crippen molar-refractivity contribution < 1.29 is 24.5 Å². The first-order valence-corrected chi connectivity index (χ1v) is 7.28. The molecule has 0 fully saturated rings. The van der Waals surface area contributed by atoms with Gasteiger partial charge in [0.15, 0.2) is 0 Å². The molecule has 1 amide bonds. The zero-order valence-electron chi connectivity index (χ0n) is 12.9. The van der Waals surface area contributed by atoms with Crippen LogP contribution < -0.4 is 10.1 Å². The number of rotatable bonds is 8. The molecule has 0 heterocycles. The fraction of sp³-hybridized carbons (Fsp3) is 0.500. The molecule has 0 saturated carbocycles. The molecule has 122 valence electrons. The lowest BCUT2D eigenvalue weighted by atomic mass is 9.94. The molecular weight excluding hydrogens is 286 g/mol. The van der Waals surface area contributed by atoms with Crippen molar-refractivity contribution in [3.8, 4) is 5.75 Å². The SMILES string of the molecule is CC(C)CC(CNC(=O)Oc1cccc(CO)c1)CC(=O)O. The molecule has 0 aliphatic rings. The number of carboxylic acid groups (broad SMARTS) is 1. The number of amides is 1. The summed E-state index contributed by atoms with van der Waals surface area (Å²) in [6.07, 6.45) is 0.0969. The Bertz CT molecular complexity index is 501.